The van der Waals surface area contributed by atoms with E-state index < -0.39 is 0 Å². The van der Waals surface area contributed by atoms with Crippen LogP contribution in [0, 0.1) is 0 Å². The van der Waals surface area contributed by atoms with Crippen LogP contribution >= 0.6 is 0 Å². The fraction of sp³-hybridized carbons (Fsp3) is 0.923. The summed E-state index contributed by atoms with van der Waals surface area (Å²) >= 11 is 0. The second kappa shape index (κ2) is 3.81. The molecule has 3 aliphatic heterocycles. The molecule has 3 fully saturated rings. The van der Waals surface area contributed by atoms with E-state index in [-0.39, 0.29) is 5.54 Å². The quantitative estimate of drug-likeness (QED) is 0.678. The van der Waals surface area contributed by atoms with Crippen LogP contribution < -0.4 is 0 Å². The number of piperidine rings is 2. The van der Waals surface area contributed by atoms with Crippen molar-refractivity contribution < 1.29 is 9.53 Å². The Morgan fingerprint density at radius 3 is 2.56 bits per heavy atom. The fourth-order valence-corrected chi connectivity index (χ4v) is 3.92. The molecule has 16 heavy (non-hydrogen) atoms. The maximum atomic E-state index is 11.7. The van der Waals surface area contributed by atoms with Crippen LogP contribution in [0.1, 0.15) is 45.4 Å². The van der Waals surface area contributed by atoms with Crippen molar-refractivity contribution in [3.05, 3.63) is 0 Å². The SMILES string of the molecule is CC1(N2C3CCCC2CC(=O)C3)CCOC1. The molecule has 3 heteroatoms. The van der Waals surface area contributed by atoms with E-state index in [1.807, 2.05) is 0 Å². The third-order valence-electron chi connectivity index (χ3n) is 4.61. The van der Waals surface area contributed by atoms with Gasteiger partial charge < -0.3 is 4.74 Å². The molecule has 0 saturated carbocycles. The van der Waals surface area contributed by atoms with Crippen molar-refractivity contribution in [2.24, 2.45) is 0 Å². The first-order chi connectivity index (χ1) is 7.69. The molecular formula is C13H21NO2. The zero-order chi connectivity index (χ0) is 11.2. The first-order valence-corrected chi connectivity index (χ1v) is 6.57. The van der Waals surface area contributed by atoms with E-state index in [9.17, 15) is 4.79 Å². The van der Waals surface area contributed by atoms with E-state index in [1.165, 1.54) is 19.3 Å². The van der Waals surface area contributed by atoms with Crippen LogP contribution in [-0.4, -0.2) is 41.5 Å². The predicted molar refractivity (Wildman–Crippen MR) is 61.3 cm³/mol. The first-order valence-electron chi connectivity index (χ1n) is 6.57. The number of ketones is 1. The van der Waals surface area contributed by atoms with Gasteiger partial charge in [-0.2, -0.15) is 0 Å². The molecule has 90 valence electrons. The Bertz CT molecular complexity index is 280. The van der Waals surface area contributed by atoms with Gasteiger partial charge in [0.15, 0.2) is 0 Å². The van der Waals surface area contributed by atoms with Gasteiger partial charge in [-0.1, -0.05) is 6.42 Å². The van der Waals surface area contributed by atoms with E-state index in [1.54, 1.807) is 0 Å². The van der Waals surface area contributed by atoms with Crippen LogP contribution in [0.5, 0.6) is 0 Å². The summed E-state index contributed by atoms with van der Waals surface area (Å²) < 4.78 is 5.58. The molecule has 3 atom stereocenters. The third-order valence-corrected chi connectivity index (χ3v) is 4.61. The summed E-state index contributed by atoms with van der Waals surface area (Å²) in [6.45, 7) is 4.07. The minimum atomic E-state index is 0.205. The molecule has 0 radical (unpaired) electrons. The summed E-state index contributed by atoms with van der Waals surface area (Å²) in [5.41, 5.74) is 0.205. The highest BCUT2D eigenvalue weighted by molar-refractivity contribution is 5.80. The number of carbonyl (C=O) groups is 1. The first kappa shape index (κ1) is 10.7. The van der Waals surface area contributed by atoms with Crippen LogP contribution in [-0.2, 0) is 9.53 Å². The van der Waals surface area contributed by atoms with Gasteiger partial charge in [-0.3, -0.25) is 9.69 Å². The molecule has 3 heterocycles. The van der Waals surface area contributed by atoms with E-state index in [4.69, 9.17) is 4.74 Å². The standard InChI is InChI=1S/C13H21NO2/c1-13(5-6-16-9-13)14-10-3-2-4-11(14)8-12(15)7-10/h10-11H,2-9H2,1H3. The van der Waals surface area contributed by atoms with Gasteiger partial charge in [0.2, 0.25) is 0 Å². The van der Waals surface area contributed by atoms with Crippen LogP contribution in [0.4, 0.5) is 0 Å². The van der Waals surface area contributed by atoms with Crippen molar-refractivity contribution in [3.8, 4) is 0 Å². The highest BCUT2D eigenvalue weighted by atomic mass is 16.5. The Morgan fingerprint density at radius 2 is 2.00 bits per heavy atom. The molecule has 0 amide bonds. The fourth-order valence-electron chi connectivity index (χ4n) is 3.92. The van der Waals surface area contributed by atoms with Gasteiger partial charge in [-0.05, 0) is 26.2 Å². The molecule has 3 unspecified atom stereocenters. The molecule has 0 aromatic heterocycles. The zero-order valence-electron chi connectivity index (χ0n) is 10.1. The smallest absolute Gasteiger partial charge is 0.136 e. The summed E-state index contributed by atoms with van der Waals surface area (Å²) in [5.74, 6) is 0.480. The summed E-state index contributed by atoms with van der Waals surface area (Å²) in [5, 5.41) is 0. The number of hydrogen-bond acceptors (Lipinski definition) is 3. The second-order valence-corrected chi connectivity index (χ2v) is 5.89. The van der Waals surface area contributed by atoms with Gasteiger partial charge in [-0.15, -0.1) is 0 Å². The van der Waals surface area contributed by atoms with Gasteiger partial charge in [0.1, 0.15) is 5.78 Å². The largest absolute Gasteiger partial charge is 0.379 e. The minimum absolute atomic E-state index is 0.205. The maximum Gasteiger partial charge on any atom is 0.136 e. The topological polar surface area (TPSA) is 29.5 Å². The summed E-state index contributed by atoms with van der Waals surface area (Å²) in [6, 6.07) is 1.01. The molecule has 3 rings (SSSR count). The lowest BCUT2D eigenvalue weighted by Gasteiger charge is -2.53. The predicted octanol–water partition coefficient (Wildman–Crippen LogP) is 1.75. The lowest BCUT2D eigenvalue weighted by molar-refractivity contribution is -0.132. The summed E-state index contributed by atoms with van der Waals surface area (Å²) in [6.07, 6.45) is 6.41. The zero-order valence-corrected chi connectivity index (χ0v) is 10.1. The molecule has 3 nitrogen and oxygen atoms in total. The normalized spacial score (nSPS) is 44.9. The van der Waals surface area contributed by atoms with Crippen molar-refractivity contribution in [1.29, 1.82) is 0 Å². The number of Topliss-reactive ketones (excluding diaryl/α,β-unsaturated/α-hetero) is 1. The van der Waals surface area contributed by atoms with Crippen molar-refractivity contribution in [2.75, 3.05) is 13.2 Å². The van der Waals surface area contributed by atoms with E-state index in [0.29, 0.717) is 17.9 Å². The number of hydrogen-bond donors (Lipinski definition) is 0. The molecule has 0 aliphatic carbocycles. The van der Waals surface area contributed by atoms with Crippen molar-refractivity contribution in [2.45, 2.75) is 63.1 Å². The molecule has 2 bridgehead atoms. The third kappa shape index (κ3) is 1.61. The molecular weight excluding hydrogens is 202 g/mol. The molecule has 3 aliphatic rings. The highest BCUT2D eigenvalue weighted by Crippen LogP contribution is 2.40. The number of rotatable bonds is 1. The summed E-state index contributed by atoms with van der Waals surface area (Å²) in [4.78, 5) is 14.3. The Labute approximate surface area is 97.1 Å². The lowest BCUT2D eigenvalue weighted by atomic mass is 9.79. The lowest BCUT2D eigenvalue weighted by Crippen LogP contribution is -2.62. The average Bonchev–Trinajstić information content (AvgIpc) is 2.64. The van der Waals surface area contributed by atoms with Crippen molar-refractivity contribution in [3.63, 3.8) is 0 Å². The van der Waals surface area contributed by atoms with Gasteiger partial charge in [0.25, 0.3) is 0 Å². The highest BCUT2D eigenvalue weighted by Gasteiger charge is 2.47. The van der Waals surface area contributed by atoms with Crippen LogP contribution in [0.3, 0.4) is 0 Å². The molecule has 0 spiro atoms. The van der Waals surface area contributed by atoms with Crippen molar-refractivity contribution in [1.82, 2.24) is 4.90 Å². The number of nitrogens with zero attached hydrogens (tertiary/aromatic N) is 1. The van der Waals surface area contributed by atoms with E-state index >= 15 is 0 Å². The Kier molecular flexibility index (Phi) is 2.55. The minimum Gasteiger partial charge on any atom is -0.379 e. The number of ether oxygens (including phenoxy) is 1. The van der Waals surface area contributed by atoms with Gasteiger partial charge in [0, 0.05) is 37.1 Å². The average molecular weight is 223 g/mol. The van der Waals surface area contributed by atoms with E-state index in [2.05, 4.69) is 11.8 Å². The number of fused-ring (bicyclic) bond motifs is 2. The Hall–Kier alpha value is -0.410. The van der Waals surface area contributed by atoms with Gasteiger partial charge in [0.05, 0.1) is 6.61 Å². The van der Waals surface area contributed by atoms with Gasteiger partial charge in [-0.25, -0.2) is 0 Å². The summed E-state index contributed by atoms with van der Waals surface area (Å²) in [7, 11) is 0. The van der Waals surface area contributed by atoms with Crippen LogP contribution in [0.15, 0.2) is 0 Å². The maximum absolute atomic E-state index is 11.7. The van der Waals surface area contributed by atoms with Crippen LogP contribution in [0.2, 0.25) is 0 Å². The number of carbonyl (C=O) groups excluding carboxylic acids is 1. The monoisotopic (exact) mass is 223 g/mol. The molecule has 3 saturated heterocycles. The van der Waals surface area contributed by atoms with Crippen LogP contribution in [0.25, 0.3) is 0 Å². The molecule has 0 aromatic carbocycles. The van der Waals surface area contributed by atoms with Gasteiger partial charge >= 0.3 is 0 Å². The second-order valence-electron chi connectivity index (χ2n) is 5.89. The molecule has 0 N–H and O–H groups in total. The Morgan fingerprint density at radius 1 is 1.31 bits per heavy atom. The van der Waals surface area contributed by atoms with E-state index in [0.717, 1.165) is 32.5 Å². The molecule has 0 aromatic rings. The Balaban J connectivity index is 1.85. The van der Waals surface area contributed by atoms with Crippen molar-refractivity contribution >= 4 is 5.78 Å².